The van der Waals surface area contributed by atoms with Gasteiger partial charge in [0, 0.05) is 30.3 Å². The Balaban J connectivity index is 1.47. The Morgan fingerprint density at radius 3 is 2.61 bits per heavy atom. The summed E-state index contributed by atoms with van der Waals surface area (Å²) in [4.78, 5) is 17.8. The van der Waals surface area contributed by atoms with E-state index in [1.165, 1.54) is 49.4 Å². The summed E-state index contributed by atoms with van der Waals surface area (Å²) in [6.07, 6.45) is 4.68. The van der Waals surface area contributed by atoms with E-state index in [1.807, 2.05) is 28.8 Å². The number of likely N-dealkylation sites (tertiary alicyclic amines) is 1. The molecule has 0 N–H and O–H groups in total. The molecule has 0 spiro atoms. The van der Waals surface area contributed by atoms with Crippen LogP contribution < -0.4 is 0 Å². The Bertz CT molecular complexity index is 735. The van der Waals surface area contributed by atoms with Crippen LogP contribution in [0.5, 0.6) is 0 Å². The topological polar surface area (TPSA) is 23.6 Å². The number of likely N-dealkylation sites (N-methyl/N-ethyl adjacent to an activating group) is 1. The van der Waals surface area contributed by atoms with E-state index in [-0.39, 0.29) is 11.9 Å². The van der Waals surface area contributed by atoms with Crippen molar-refractivity contribution in [3.63, 3.8) is 0 Å². The Morgan fingerprint density at radius 1 is 1.18 bits per heavy atom. The molecule has 2 aromatic rings. The molecule has 3 heterocycles. The molecule has 2 aliphatic rings. The molecule has 2 aliphatic heterocycles. The second-order valence-electron chi connectivity index (χ2n) is 8.08. The summed E-state index contributed by atoms with van der Waals surface area (Å²) in [7, 11) is 2.01. The third-order valence-corrected chi connectivity index (χ3v) is 8.24. The van der Waals surface area contributed by atoms with E-state index in [9.17, 15) is 4.79 Å². The summed E-state index contributed by atoms with van der Waals surface area (Å²) in [5.74, 6) is 3.35. The molecule has 0 unspecified atom stereocenters. The fourth-order valence-electron chi connectivity index (χ4n) is 4.70. The zero-order valence-electron chi connectivity index (χ0n) is 16.6. The van der Waals surface area contributed by atoms with Gasteiger partial charge in [-0.05, 0) is 67.5 Å². The first-order valence-electron chi connectivity index (χ1n) is 10.4. The highest BCUT2D eigenvalue weighted by Crippen LogP contribution is 2.31. The number of nitrogens with zero attached hydrogens (tertiary/aromatic N) is 2. The third kappa shape index (κ3) is 4.64. The van der Waals surface area contributed by atoms with Gasteiger partial charge in [0.05, 0.1) is 5.56 Å². The van der Waals surface area contributed by atoms with Crippen molar-refractivity contribution in [1.82, 2.24) is 9.80 Å². The van der Waals surface area contributed by atoms with Gasteiger partial charge in [0.25, 0.3) is 5.91 Å². The van der Waals surface area contributed by atoms with E-state index in [0.29, 0.717) is 5.92 Å². The van der Waals surface area contributed by atoms with Crippen molar-refractivity contribution >= 4 is 29.0 Å². The van der Waals surface area contributed by atoms with Crippen molar-refractivity contribution < 1.29 is 4.79 Å². The Labute approximate surface area is 177 Å². The zero-order chi connectivity index (χ0) is 19.3. The highest BCUT2D eigenvalue weighted by molar-refractivity contribution is 7.99. The second-order valence-corrected chi connectivity index (χ2v) is 10.0. The van der Waals surface area contributed by atoms with E-state index in [2.05, 4.69) is 47.0 Å². The molecule has 1 aromatic carbocycles. The van der Waals surface area contributed by atoms with Crippen LogP contribution in [-0.4, -0.2) is 59.4 Å². The Hall–Kier alpha value is -1.30. The number of amides is 1. The van der Waals surface area contributed by atoms with Crippen molar-refractivity contribution in [2.75, 3.05) is 31.6 Å². The molecule has 3 nitrogen and oxygen atoms in total. The highest BCUT2D eigenvalue weighted by Gasteiger charge is 2.34. The molecule has 1 aromatic heterocycles. The van der Waals surface area contributed by atoms with Crippen molar-refractivity contribution in [3.8, 4) is 0 Å². The van der Waals surface area contributed by atoms with Crippen LogP contribution >= 0.6 is 23.1 Å². The van der Waals surface area contributed by atoms with Gasteiger partial charge in [0.2, 0.25) is 0 Å². The summed E-state index contributed by atoms with van der Waals surface area (Å²) in [6, 6.07) is 13.7. The fraction of sp³-hybridized carbons (Fsp3) is 0.522. The summed E-state index contributed by atoms with van der Waals surface area (Å²) in [5, 5.41) is 3.96. The average molecular weight is 415 g/mol. The lowest BCUT2D eigenvalue weighted by atomic mass is 9.84. The van der Waals surface area contributed by atoms with Crippen LogP contribution in [0.4, 0.5) is 0 Å². The molecule has 0 radical (unpaired) electrons. The predicted octanol–water partition coefficient (Wildman–Crippen LogP) is 4.65. The lowest BCUT2D eigenvalue weighted by Gasteiger charge is -2.41. The van der Waals surface area contributed by atoms with E-state index in [0.717, 1.165) is 18.0 Å². The standard InChI is InChI=1S/C23H30N2OS2/c1-24(23(26)20-9-13-27-16-20)22(15-18-5-3-2-4-6-18)19-7-11-25(12-8-19)21-10-14-28-17-21/h2-6,9,13,16,19,21-22H,7-8,10-12,14-15,17H2,1H3/t21-,22-/m1/s1. The van der Waals surface area contributed by atoms with Crippen LogP contribution in [0.2, 0.25) is 0 Å². The second kappa shape index (κ2) is 9.47. The molecule has 2 atom stereocenters. The minimum atomic E-state index is 0.164. The van der Waals surface area contributed by atoms with Gasteiger partial charge >= 0.3 is 0 Å². The van der Waals surface area contributed by atoms with Crippen LogP contribution in [0.15, 0.2) is 47.2 Å². The van der Waals surface area contributed by atoms with Crippen LogP contribution in [0.1, 0.15) is 35.2 Å². The highest BCUT2D eigenvalue weighted by atomic mass is 32.2. The fourth-order valence-corrected chi connectivity index (χ4v) is 6.58. The van der Waals surface area contributed by atoms with Gasteiger partial charge in [-0.3, -0.25) is 9.69 Å². The lowest BCUT2D eigenvalue weighted by Crippen LogP contribution is -2.49. The van der Waals surface area contributed by atoms with Gasteiger partial charge in [0.15, 0.2) is 0 Å². The Kier molecular flexibility index (Phi) is 6.76. The molecular weight excluding hydrogens is 384 g/mol. The average Bonchev–Trinajstić information content (AvgIpc) is 3.46. The molecule has 0 saturated carbocycles. The molecule has 150 valence electrons. The number of carbonyl (C=O) groups excluding carboxylic acids is 1. The largest absolute Gasteiger partial charge is 0.338 e. The molecular formula is C23H30N2OS2. The number of hydrogen-bond donors (Lipinski definition) is 0. The van der Waals surface area contributed by atoms with Crippen molar-refractivity contribution in [1.29, 1.82) is 0 Å². The maximum Gasteiger partial charge on any atom is 0.254 e. The number of thioether (sulfide) groups is 1. The first kappa shape index (κ1) is 20.0. The van der Waals surface area contributed by atoms with E-state index < -0.39 is 0 Å². The normalized spacial score (nSPS) is 22.2. The number of thiophene rings is 1. The molecule has 0 aliphatic carbocycles. The SMILES string of the molecule is CN(C(=O)c1ccsc1)[C@H](Cc1ccccc1)C1CCN([C@@H]2CCSC2)CC1. The smallest absolute Gasteiger partial charge is 0.254 e. The quantitative estimate of drug-likeness (QED) is 0.687. The van der Waals surface area contributed by atoms with E-state index >= 15 is 0 Å². The Morgan fingerprint density at radius 2 is 1.96 bits per heavy atom. The van der Waals surface area contributed by atoms with Gasteiger partial charge in [-0.25, -0.2) is 0 Å². The maximum atomic E-state index is 13.1. The van der Waals surface area contributed by atoms with Gasteiger partial charge in [0.1, 0.15) is 0 Å². The molecule has 4 rings (SSSR count). The number of carbonyl (C=O) groups is 1. The van der Waals surface area contributed by atoms with Crippen LogP contribution in [-0.2, 0) is 6.42 Å². The number of benzene rings is 1. The van der Waals surface area contributed by atoms with Gasteiger partial charge in [-0.1, -0.05) is 30.3 Å². The first-order valence-corrected chi connectivity index (χ1v) is 12.5. The van der Waals surface area contributed by atoms with Crippen LogP contribution in [0.3, 0.4) is 0 Å². The molecule has 5 heteroatoms. The minimum Gasteiger partial charge on any atom is -0.338 e. The van der Waals surface area contributed by atoms with Crippen LogP contribution in [0, 0.1) is 5.92 Å². The summed E-state index contributed by atoms with van der Waals surface area (Å²) in [5.41, 5.74) is 2.15. The number of hydrogen-bond acceptors (Lipinski definition) is 4. The monoisotopic (exact) mass is 414 g/mol. The van der Waals surface area contributed by atoms with E-state index in [4.69, 9.17) is 0 Å². The summed E-state index contributed by atoms with van der Waals surface area (Å²) in [6.45, 7) is 2.36. The van der Waals surface area contributed by atoms with Gasteiger partial charge in [-0.15, -0.1) is 0 Å². The first-order chi connectivity index (χ1) is 13.7. The molecule has 0 bridgehead atoms. The minimum absolute atomic E-state index is 0.164. The van der Waals surface area contributed by atoms with Gasteiger partial charge in [-0.2, -0.15) is 23.1 Å². The van der Waals surface area contributed by atoms with Crippen LogP contribution in [0.25, 0.3) is 0 Å². The van der Waals surface area contributed by atoms with E-state index in [1.54, 1.807) is 11.3 Å². The lowest BCUT2D eigenvalue weighted by molar-refractivity contribution is 0.0558. The van der Waals surface area contributed by atoms with Crippen molar-refractivity contribution in [3.05, 3.63) is 58.3 Å². The van der Waals surface area contributed by atoms with Gasteiger partial charge < -0.3 is 4.90 Å². The summed E-state index contributed by atoms with van der Waals surface area (Å²) < 4.78 is 0. The zero-order valence-corrected chi connectivity index (χ0v) is 18.3. The summed E-state index contributed by atoms with van der Waals surface area (Å²) >= 11 is 3.69. The third-order valence-electron chi connectivity index (χ3n) is 6.41. The molecule has 2 fully saturated rings. The number of rotatable bonds is 6. The predicted molar refractivity (Wildman–Crippen MR) is 120 cm³/mol. The molecule has 1 amide bonds. The maximum absolute atomic E-state index is 13.1. The molecule has 2 saturated heterocycles. The molecule has 28 heavy (non-hydrogen) atoms. The van der Waals surface area contributed by atoms with Crippen molar-refractivity contribution in [2.24, 2.45) is 5.92 Å². The number of piperidine rings is 1. The van der Waals surface area contributed by atoms with Crippen molar-refractivity contribution in [2.45, 2.75) is 37.8 Å².